The van der Waals surface area contributed by atoms with Gasteiger partial charge in [0.1, 0.15) is 16.9 Å². The molecule has 22 heavy (non-hydrogen) atoms. The molecule has 0 aliphatic heterocycles. The van der Waals surface area contributed by atoms with Crippen LogP contribution in [0.5, 0.6) is 11.5 Å². The van der Waals surface area contributed by atoms with Gasteiger partial charge in [0.05, 0.1) is 6.61 Å². The summed E-state index contributed by atoms with van der Waals surface area (Å²) in [4.78, 5) is 10.7. The van der Waals surface area contributed by atoms with Gasteiger partial charge in [-0.05, 0) is 41.8 Å². The minimum atomic E-state index is -1.01. The zero-order chi connectivity index (χ0) is 15.9. The normalized spacial score (nSPS) is 11.9. The fourth-order valence-electron chi connectivity index (χ4n) is 1.97. The molecule has 2 aromatic carbocycles. The van der Waals surface area contributed by atoms with Gasteiger partial charge in [-0.2, -0.15) is 0 Å². The minimum Gasteiger partial charge on any atom is -0.508 e. The van der Waals surface area contributed by atoms with Crippen LogP contribution in [0.3, 0.4) is 0 Å². The molecule has 0 bridgehead atoms. The van der Waals surface area contributed by atoms with E-state index in [1.807, 2.05) is 24.3 Å². The zero-order valence-corrected chi connectivity index (χ0v) is 12.7. The van der Waals surface area contributed by atoms with Crippen LogP contribution in [-0.4, -0.2) is 28.2 Å². The minimum absolute atomic E-state index is 0.210. The van der Waals surface area contributed by atoms with Gasteiger partial charge in [-0.15, -0.1) is 11.6 Å². The van der Waals surface area contributed by atoms with E-state index in [4.69, 9.17) is 21.4 Å². The molecular weight excluding hydrogens is 304 g/mol. The van der Waals surface area contributed by atoms with E-state index in [0.717, 1.165) is 17.5 Å². The number of carboxylic acids is 1. The second-order valence-electron chi connectivity index (χ2n) is 4.92. The van der Waals surface area contributed by atoms with Gasteiger partial charge >= 0.3 is 5.97 Å². The average Bonchev–Trinajstić information content (AvgIpc) is 2.51. The summed E-state index contributed by atoms with van der Waals surface area (Å²) in [5.74, 6) is -0.0872. The maximum atomic E-state index is 10.7. The largest absolute Gasteiger partial charge is 0.508 e. The smallest absolute Gasteiger partial charge is 0.321 e. The molecule has 0 aliphatic carbocycles. The molecule has 2 aromatic rings. The first-order valence-electron chi connectivity index (χ1n) is 6.91. The van der Waals surface area contributed by atoms with Gasteiger partial charge in [-0.1, -0.05) is 24.3 Å². The Morgan fingerprint density at radius 3 is 2.23 bits per heavy atom. The van der Waals surface area contributed by atoms with Crippen molar-refractivity contribution >= 4 is 17.6 Å². The first-order chi connectivity index (χ1) is 10.5. The molecule has 2 N–H and O–H groups in total. The SMILES string of the molecule is O=C(O)C(Cl)Cc1ccc(CCOc2ccc(O)cc2)cc1. The second kappa shape index (κ2) is 7.71. The van der Waals surface area contributed by atoms with Gasteiger partial charge in [0.2, 0.25) is 0 Å². The van der Waals surface area contributed by atoms with Gasteiger partial charge in [0.25, 0.3) is 0 Å². The van der Waals surface area contributed by atoms with Crippen LogP contribution in [0.4, 0.5) is 0 Å². The number of phenols is 1. The summed E-state index contributed by atoms with van der Waals surface area (Å²) in [6.45, 7) is 0.525. The van der Waals surface area contributed by atoms with Crippen LogP contribution < -0.4 is 4.74 Å². The van der Waals surface area contributed by atoms with E-state index < -0.39 is 11.3 Å². The molecule has 0 aliphatic rings. The van der Waals surface area contributed by atoms with Gasteiger partial charge in [0.15, 0.2) is 0 Å². The first kappa shape index (κ1) is 16.2. The number of carbonyl (C=O) groups is 1. The second-order valence-corrected chi connectivity index (χ2v) is 5.45. The summed E-state index contributed by atoms with van der Waals surface area (Å²) in [6, 6.07) is 14.2. The highest BCUT2D eigenvalue weighted by Gasteiger charge is 2.13. The number of hydrogen-bond acceptors (Lipinski definition) is 3. The molecule has 5 heteroatoms. The highest BCUT2D eigenvalue weighted by molar-refractivity contribution is 6.29. The third kappa shape index (κ3) is 4.97. The summed E-state index contributed by atoms with van der Waals surface area (Å²) in [6.07, 6.45) is 1.05. The molecule has 4 nitrogen and oxygen atoms in total. The molecule has 0 amide bonds. The molecule has 0 heterocycles. The van der Waals surface area contributed by atoms with E-state index in [2.05, 4.69) is 0 Å². The van der Waals surface area contributed by atoms with Gasteiger partial charge < -0.3 is 14.9 Å². The standard InChI is InChI=1S/C17H17ClO4/c18-16(17(20)21)11-13-3-1-12(2-4-13)9-10-22-15-7-5-14(19)6-8-15/h1-8,16,19H,9-11H2,(H,20,21). The number of phenolic OH excluding ortho intramolecular Hbond substituents is 1. The molecule has 0 fully saturated rings. The Labute approximate surface area is 133 Å². The predicted octanol–water partition coefficient (Wildman–Crippen LogP) is 3.25. The zero-order valence-electron chi connectivity index (χ0n) is 11.9. The maximum Gasteiger partial charge on any atom is 0.321 e. The molecule has 0 spiro atoms. The Hall–Kier alpha value is -2.20. The van der Waals surface area contributed by atoms with Crippen molar-refractivity contribution in [3.8, 4) is 11.5 Å². The Kier molecular flexibility index (Phi) is 5.67. The number of carboxylic acid groups (broad SMARTS) is 1. The highest BCUT2D eigenvalue weighted by atomic mass is 35.5. The fraction of sp³-hybridized carbons (Fsp3) is 0.235. The summed E-state index contributed by atoms with van der Waals surface area (Å²) in [5, 5.41) is 17.1. The number of benzene rings is 2. The van der Waals surface area contributed by atoms with Crippen molar-refractivity contribution in [1.82, 2.24) is 0 Å². The average molecular weight is 321 g/mol. The van der Waals surface area contributed by atoms with E-state index in [1.54, 1.807) is 24.3 Å². The molecular formula is C17H17ClO4. The summed E-state index contributed by atoms with van der Waals surface area (Å²) in [7, 11) is 0. The summed E-state index contributed by atoms with van der Waals surface area (Å²) in [5.41, 5.74) is 1.99. The molecule has 0 radical (unpaired) electrons. The predicted molar refractivity (Wildman–Crippen MR) is 84.7 cm³/mol. The number of aromatic hydroxyl groups is 1. The number of halogens is 1. The highest BCUT2D eigenvalue weighted by Crippen LogP contribution is 2.16. The van der Waals surface area contributed by atoms with E-state index in [1.165, 1.54) is 0 Å². The Morgan fingerprint density at radius 2 is 1.64 bits per heavy atom. The van der Waals surface area contributed by atoms with E-state index in [9.17, 15) is 9.90 Å². The van der Waals surface area contributed by atoms with Crippen LogP contribution in [0.2, 0.25) is 0 Å². The lowest BCUT2D eigenvalue weighted by atomic mass is 10.1. The molecule has 116 valence electrons. The van der Waals surface area contributed by atoms with Crippen molar-refractivity contribution in [2.45, 2.75) is 18.2 Å². The van der Waals surface area contributed by atoms with Crippen molar-refractivity contribution < 1.29 is 19.7 Å². The van der Waals surface area contributed by atoms with E-state index in [0.29, 0.717) is 18.8 Å². The third-order valence-electron chi connectivity index (χ3n) is 3.20. The van der Waals surface area contributed by atoms with E-state index >= 15 is 0 Å². The maximum absolute atomic E-state index is 10.7. The molecule has 0 aromatic heterocycles. The van der Waals surface area contributed by atoms with E-state index in [-0.39, 0.29) is 5.75 Å². The van der Waals surface area contributed by atoms with Crippen molar-refractivity contribution in [3.63, 3.8) is 0 Å². The van der Waals surface area contributed by atoms with Crippen LogP contribution in [0.25, 0.3) is 0 Å². The van der Waals surface area contributed by atoms with Crippen molar-refractivity contribution in [1.29, 1.82) is 0 Å². The third-order valence-corrected chi connectivity index (χ3v) is 3.54. The molecule has 1 unspecified atom stereocenters. The molecule has 0 saturated carbocycles. The Morgan fingerprint density at radius 1 is 1.05 bits per heavy atom. The van der Waals surface area contributed by atoms with Crippen LogP contribution in [-0.2, 0) is 17.6 Å². The lowest BCUT2D eigenvalue weighted by molar-refractivity contribution is -0.136. The number of rotatable bonds is 7. The monoisotopic (exact) mass is 320 g/mol. The number of ether oxygens (including phenoxy) is 1. The summed E-state index contributed by atoms with van der Waals surface area (Å²) >= 11 is 5.72. The van der Waals surface area contributed by atoms with Crippen molar-refractivity contribution in [2.75, 3.05) is 6.61 Å². The van der Waals surface area contributed by atoms with Crippen LogP contribution in [0.15, 0.2) is 48.5 Å². The van der Waals surface area contributed by atoms with Crippen molar-refractivity contribution in [3.05, 3.63) is 59.7 Å². The Bertz CT molecular complexity index is 608. The molecule has 2 rings (SSSR count). The quantitative estimate of drug-likeness (QED) is 0.769. The van der Waals surface area contributed by atoms with Gasteiger partial charge in [-0.3, -0.25) is 4.79 Å². The lowest BCUT2D eigenvalue weighted by Crippen LogP contribution is -2.15. The Balaban J connectivity index is 1.81. The molecule has 1 atom stereocenters. The van der Waals surface area contributed by atoms with Crippen LogP contribution in [0.1, 0.15) is 11.1 Å². The number of aliphatic carboxylic acids is 1. The number of alkyl halides is 1. The topological polar surface area (TPSA) is 66.8 Å². The van der Waals surface area contributed by atoms with Crippen LogP contribution in [0, 0.1) is 0 Å². The summed E-state index contributed by atoms with van der Waals surface area (Å²) < 4.78 is 5.58. The molecule has 0 saturated heterocycles. The fourth-order valence-corrected chi connectivity index (χ4v) is 2.14. The lowest BCUT2D eigenvalue weighted by Gasteiger charge is -2.08. The first-order valence-corrected chi connectivity index (χ1v) is 7.35. The van der Waals surface area contributed by atoms with Crippen molar-refractivity contribution in [2.24, 2.45) is 0 Å². The number of hydrogen-bond donors (Lipinski definition) is 2. The van der Waals surface area contributed by atoms with Gasteiger partial charge in [0, 0.05) is 6.42 Å². The van der Waals surface area contributed by atoms with Crippen LogP contribution >= 0.6 is 11.6 Å². The van der Waals surface area contributed by atoms with Gasteiger partial charge in [-0.25, -0.2) is 0 Å².